The first kappa shape index (κ1) is 12.7. The molecule has 88 valence electrons. The molecule has 3 heteroatoms. The van der Waals surface area contributed by atoms with E-state index in [4.69, 9.17) is 9.47 Å². The van der Waals surface area contributed by atoms with Crippen LogP contribution in [-0.2, 0) is 14.3 Å². The molecule has 1 saturated heterocycles. The molecule has 0 aromatic heterocycles. The lowest BCUT2D eigenvalue weighted by Crippen LogP contribution is -2.21. The molecule has 1 heterocycles. The first-order valence-electron chi connectivity index (χ1n) is 5.93. The molecule has 15 heavy (non-hydrogen) atoms. The van der Waals surface area contributed by atoms with Crippen LogP contribution in [0.3, 0.4) is 0 Å². The van der Waals surface area contributed by atoms with Crippen molar-refractivity contribution in [1.29, 1.82) is 0 Å². The number of carbonyl (C=O) groups is 1. The fourth-order valence-corrected chi connectivity index (χ4v) is 1.69. The molecule has 1 unspecified atom stereocenters. The van der Waals surface area contributed by atoms with Crippen molar-refractivity contribution in [3.05, 3.63) is 0 Å². The summed E-state index contributed by atoms with van der Waals surface area (Å²) in [6.07, 6.45) is 5.42. The Balaban J connectivity index is 2.05. The maximum atomic E-state index is 11.4. The van der Waals surface area contributed by atoms with Gasteiger partial charge >= 0.3 is 0 Å². The Morgan fingerprint density at radius 2 is 2.27 bits per heavy atom. The molecule has 0 aromatic carbocycles. The van der Waals surface area contributed by atoms with Gasteiger partial charge in [-0.2, -0.15) is 0 Å². The molecule has 3 nitrogen and oxygen atoms in total. The number of carbonyl (C=O) groups excluding carboxylic acids is 1. The standard InChI is InChI=1S/C12H22O3/c1-10(2)15-9-11(13)6-7-12-5-3-4-8-14-12/h10,12H,3-9H2,1-2H3. The van der Waals surface area contributed by atoms with Gasteiger partial charge in [0.15, 0.2) is 5.78 Å². The number of hydrogen-bond acceptors (Lipinski definition) is 3. The summed E-state index contributed by atoms with van der Waals surface area (Å²) >= 11 is 0. The van der Waals surface area contributed by atoms with E-state index in [9.17, 15) is 4.79 Å². The van der Waals surface area contributed by atoms with Crippen LogP contribution in [0.2, 0.25) is 0 Å². The van der Waals surface area contributed by atoms with E-state index in [0.29, 0.717) is 12.5 Å². The van der Waals surface area contributed by atoms with E-state index in [1.807, 2.05) is 13.8 Å². The van der Waals surface area contributed by atoms with Crippen molar-refractivity contribution in [2.75, 3.05) is 13.2 Å². The van der Waals surface area contributed by atoms with E-state index in [-0.39, 0.29) is 18.5 Å². The Morgan fingerprint density at radius 3 is 2.87 bits per heavy atom. The molecule has 0 amide bonds. The molecular formula is C12H22O3. The van der Waals surface area contributed by atoms with Crippen molar-refractivity contribution in [3.63, 3.8) is 0 Å². The maximum absolute atomic E-state index is 11.4. The van der Waals surface area contributed by atoms with Gasteiger partial charge < -0.3 is 9.47 Å². The fourth-order valence-electron chi connectivity index (χ4n) is 1.69. The zero-order valence-corrected chi connectivity index (χ0v) is 9.83. The van der Waals surface area contributed by atoms with E-state index in [1.165, 1.54) is 12.8 Å². The largest absolute Gasteiger partial charge is 0.378 e. The van der Waals surface area contributed by atoms with Crippen molar-refractivity contribution in [2.24, 2.45) is 0 Å². The summed E-state index contributed by atoms with van der Waals surface area (Å²) in [7, 11) is 0. The third kappa shape index (κ3) is 5.90. The van der Waals surface area contributed by atoms with Crippen LogP contribution in [0.15, 0.2) is 0 Å². The number of Topliss-reactive ketones (excluding diaryl/α,β-unsaturated/α-hetero) is 1. The highest BCUT2D eigenvalue weighted by Crippen LogP contribution is 2.16. The van der Waals surface area contributed by atoms with E-state index in [0.717, 1.165) is 19.4 Å². The van der Waals surface area contributed by atoms with Gasteiger partial charge in [0.05, 0.1) is 12.2 Å². The van der Waals surface area contributed by atoms with Crippen molar-refractivity contribution in [2.45, 2.75) is 58.2 Å². The molecule has 0 bridgehead atoms. The summed E-state index contributed by atoms with van der Waals surface area (Å²) in [6.45, 7) is 5.00. The second-order valence-electron chi connectivity index (χ2n) is 4.43. The van der Waals surface area contributed by atoms with Crippen LogP contribution in [-0.4, -0.2) is 31.2 Å². The third-order valence-corrected chi connectivity index (χ3v) is 2.60. The van der Waals surface area contributed by atoms with E-state index < -0.39 is 0 Å². The summed E-state index contributed by atoms with van der Waals surface area (Å²) in [6, 6.07) is 0. The number of ether oxygens (including phenoxy) is 2. The Hall–Kier alpha value is -0.410. The molecule has 0 saturated carbocycles. The second-order valence-corrected chi connectivity index (χ2v) is 4.43. The molecule has 1 fully saturated rings. The summed E-state index contributed by atoms with van der Waals surface area (Å²) in [4.78, 5) is 11.4. The smallest absolute Gasteiger partial charge is 0.158 e. The Bertz CT molecular complexity index is 183. The summed E-state index contributed by atoms with van der Waals surface area (Å²) in [5, 5.41) is 0. The first-order chi connectivity index (χ1) is 7.18. The second kappa shape index (κ2) is 6.96. The number of rotatable bonds is 6. The van der Waals surface area contributed by atoms with Crippen LogP contribution in [0.5, 0.6) is 0 Å². The molecule has 0 N–H and O–H groups in total. The van der Waals surface area contributed by atoms with Crippen molar-refractivity contribution in [1.82, 2.24) is 0 Å². The molecule has 0 aromatic rings. The Labute approximate surface area is 92.1 Å². The minimum atomic E-state index is 0.139. The van der Waals surface area contributed by atoms with Crippen molar-refractivity contribution < 1.29 is 14.3 Å². The predicted octanol–water partition coefficient (Wildman–Crippen LogP) is 2.33. The first-order valence-corrected chi connectivity index (χ1v) is 5.93. The number of ketones is 1. The van der Waals surface area contributed by atoms with E-state index in [2.05, 4.69) is 0 Å². The normalized spacial score (nSPS) is 21.9. The Kier molecular flexibility index (Phi) is 5.88. The minimum Gasteiger partial charge on any atom is -0.378 e. The zero-order chi connectivity index (χ0) is 11.1. The molecule has 0 aliphatic carbocycles. The highest BCUT2D eigenvalue weighted by molar-refractivity contribution is 5.79. The van der Waals surface area contributed by atoms with Gasteiger partial charge in [0.1, 0.15) is 6.61 Å². The lowest BCUT2D eigenvalue weighted by atomic mass is 10.0. The molecule has 1 aliphatic heterocycles. The molecule has 0 spiro atoms. The van der Waals surface area contributed by atoms with E-state index in [1.54, 1.807) is 0 Å². The predicted molar refractivity (Wildman–Crippen MR) is 58.9 cm³/mol. The molecule has 1 rings (SSSR count). The van der Waals surface area contributed by atoms with E-state index >= 15 is 0 Å². The molecule has 1 atom stereocenters. The van der Waals surface area contributed by atoms with Gasteiger partial charge in [0.2, 0.25) is 0 Å². The van der Waals surface area contributed by atoms with Gasteiger partial charge in [-0.15, -0.1) is 0 Å². The highest BCUT2D eigenvalue weighted by Gasteiger charge is 2.15. The fraction of sp³-hybridized carbons (Fsp3) is 0.917. The van der Waals surface area contributed by atoms with Crippen LogP contribution in [0.25, 0.3) is 0 Å². The van der Waals surface area contributed by atoms with Crippen molar-refractivity contribution in [3.8, 4) is 0 Å². The molecule has 0 radical (unpaired) electrons. The maximum Gasteiger partial charge on any atom is 0.158 e. The number of hydrogen-bond donors (Lipinski definition) is 0. The van der Waals surface area contributed by atoms with Crippen LogP contribution in [0.1, 0.15) is 46.0 Å². The zero-order valence-electron chi connectivity index (χ0n) is 9.83. The average molecular weight is 214 g/mol. The van der Waals surface area contributed by atoms with Gasteiger partial charge in [-0.25, -0.2) is 0 Å². The third-order valence-electron chi connectivity index (χ3n) is 2.60. The summed E-state index contributed by atoms with van der Waals surface area (Å²) in [5.41, 5.74) is 0. The monoisotopic (exact) mass is 214 g/mol. The summed E-state index contributed by atoms with van der Waals surface area (Å²) < 4.78 is 10.8. The SMILES string of the molecule is CC(C)OCC(=O)CCC1CCCCO1. The van der Waals surface area contributed by atoms with Gasteiger partial charge in [-0.3, -0.25) is 4.79 Å². The van der Waals surface area contributed by atoms with Gasteiger partial charge in [-0.05, 0) is 39.5 Å². The van der Waals surface area contributed by atoms with Gasteiger partial charge in [0, 0.05) is 13.0 Å². The van der Waals surface area contributed by atoms with Crippen LogP contribution >= 0.6 is 0 Å². The van der Waals surface area contributed by atoms with Crippen LogP contribution in [0.4, 0.5) is 0 Å². The summed E-state index contributed by atoms with van der Waals surface area (Å²) in [5.74, 6) is 0.192. The van der Waals surface area contributed by atoms with Crippen LogP contribution in [0, 0.1) is 0 Å². The average Bonchev–Trinajstić information content (AvgIpc) is 2.25. The molecule has 1 aliphatic rings. The minimum absolute atomic E-state index is 0.139. The Morgan fingerprint density at radius 1 is 1.47 bits per heavy atom. The lowest BCUT2D eigenvalue weighted by molar-refractivity contribution is -0.125. The lowest BCUT2D eigenvalue weighted by Gasteiger charge is -2.22. The molecular weight excluding hydrogens is 192 g/mol. The highest BCUT2D eigenvalue weighted by atomic mass is 16.5. The van der Waals surface area contributed by atoms with Gasteiger partial charge in [0.25, 0.3) is 0 Å². The van der Waals surface area contributed by atoms with Crippen molar-refractivity contribution >= 4 is 5.78 Å². The van der Waals surface area contributed by atoms with Gasteiger partial charge in [-0.1, -0.05) is 0 Å². The quantitative estimate of drug-likeness (QED) is 0.680. The topological polar surface area (TPSA) is 35.5 Å². The van der Waals surface area contributed by atoms with Crippen LogP contribution < -0.4 is 0 Å².